The van der Waals surface area contributed by atoms with E-state index in [-0.39, 0.29) is 12.1 Å². The molecule has 1 saturated carbocycles. The topological polar surface area (TPSA) is 59.0 Å². The minimum Gasteiger partial charge on any atom is -0.490 e. The van der Waals surface area contributed by atoms with E-state index >= 15 is 0 Å². The van der Waals surface area contributed by atoms with E-state index < -0.39 is 17.3 Å². The fourth-order valence-electron chi connectivity index (χ4n) is 2.34. The standard InChI is InChI=1S/C14H15F3N2O/c15-14(16,17)13-6-5-12(7-9(13)8-18)20-11-3-1-10(19)2-4-11/h5-7,10-11H,1-4,19H2. The molecule has 0 radical (unpaired) electrons. The second kappa shape index (κ2) is 5.71. The molecule has 0 saturated heterocycles. The molecular formula is C14H15F3N2O. The molecule has 0 heterocycles. The largest absolute Gasteiger partial charge is 0.490 e. The Labute approximate surface area is 115 Å². The molecule has 1 fully saturated rings. The number of nitrogens with two attached hydrogens (primary N) is 1. The van der Waals surface area contributed by atoms with E-state index in [0.29, 0.717) is 5.75 Å². The third kappa shape index (κ3) is 3.42. The summed E-state index contributed by atoms with van der Waals surface area (Å²) < 4.78 is 43.6. The summed E-state index contributed by atoms with van der Waals surface area (Å²) in [5.41, 5.74) is 4.43. The van der Waals surface area contributed by atoms with Crippen LogP contribution in [0.4, 0.5) is 13.2 Å². The maximum Gasteiger partial charge on any atom is 0.417 e. The van der Waals surface area contributed by atoms with E-state index in [1.165, 1.54) is 6.07 Å². The van der Waals surface area contributed by atoms with Crippen LogP contribution in [0.5, 0.6) is 5.75 Å². The van der Waals surface area contributed by atoms with E-state index in [1.807, 2.05) is 0 Å². The average Bonchev–Trinajstić information content (AvgIpc) is 2.40. The highest BCUT2D eigenvalue weighted by molar-refractivity contribution is 5.44. The van der Waals surface area contributed by atoms with E-state index in [9.17, 15) is 13.2 Å². The zero-order valence-corrected chi connectivity index (χ0v) is 10.8. The number of halogens is 3. The fourth-order valence-corrected chi connectivity index (χ4v) is 2.34. The lowest BCUT2D eigenvalue weighted by Crippen LogP contribution is -2.31. The predicted molar refractivity (Wildman–Crippen MR) is 67.0 cm³/mol. The molecule has 1 aliphatic rings. The molecule has 1 aromatic rings. The van der Waals surface area contributed by atoms with Gasteiger partial charge in [-0.2, -0.15) is 18.4 Å². The zero-order chi connectivity index (χ0) is 14.8. The number of hydrogen-bond donors (Lipinski definition) is 1. The summed E-state index contributed by atoms with van der Waals surface area (Å²) in [5.74, 6) is 0.301. The van der Waals surface area contributed by atoms with E-state index in [1.54, 1.807) is 6.07 Å². The summed E-state index contributed by atoms with van der Waals surface area (Å²) in [6.07, 6.45) is -1.32. The van der Waals surface area contributed by atoms with Crippen molar-refractivity contribution < 1.29 is 17.9 Å². The lowest BCUT2D eigenvalue weighted by molar-refractivity contribution is -0.137. The van der Waals surface area contributed by atoms with Gasteiger partial charge in [-0.25, -0.2) is 0 Å². The maximum atomic E-state index is 12.7. The number of hydrogen-bond acceptors (Lipinski definition) is 3. The van der Waals surface area contributed by atoms with Crippen molar-refractivity contribution in [2.24, 2.45) is 5.73 Å². The number of ether oxygens (including phenoxy) is 1. The molecule has 6 heteroatoms. The highest BCUT2D eigenvalue weighted by Gasteiger charge is 2.33. The Kier molecular flexibility index (Phi) is 4.19. The molecule has 3 nitrogen and oxygen atoms in total. The normalized spacial score (nSPS) is 23.1. The van der Waals surface area contributed by atoms with Gasteiger partial charge in [-0.3, -0.25) is 0 Å². The second-order valence-corrected chi connectivity index (χ2v) is 4.97. The van der Waals surface area contributed by atoms with Crippen LogP contribution in [0.1, 0.15) is 36.8 Å². The lowest BCUT2D eigenvalue weighted by atomic mass is 9.93. The van der Waals surface area contributed by atoms with Gasteiger partial charge in [0, 0.05) is 6.04 Å². The van der Waals surface area contributed by atoms with Crippen LogP contribution in [0.3, 0.4) is 0 Å². The van der Waals surface area contributed by atoms with Gasteiger partial charge < -0.3 is 10.5 Å². The van der Waals surface area contributed by atoms with Gasteiger partial charge >= 0.3 is 6.18 Å². The number of benzene rings is 1. The minimum atomic E-state index is -4.53. The first-order valence-electron chi connectivity index (χ1n) is 6.43. The van der Waals surface area contributed by atoms with Crippen molar-refractivity contribution in [1.29, 1.82) is 5.26 Å². The van der Waals surface area contributed by atoms with Gasteiger partial charge in [-0.05, 0) is 43.9 Å². The van der Waals surface area contributed by atoms with Gasteiger partial charge in [0.25, 0.3) is 0 Å². The van der Waals surface area contributed by atoms with Gasteiger partial charge in [0.15, 0.2) is 0 Å². The quantitative estimate of drug-likeness (QED) is 0.907. The summed E-state index contributed by atoms with van der Waals surface area (Å²) in [4.78, 5) is 0. The van der Waals surface area contributed by atoms with Crippen molar-refractivity contribution in [2.75, 3.05) is 0 Å². The van der Waals surface area contributed by atoms with Gasteiger partial charge in [0.1, 0.15) is 5.75 Å². The molecule has 2 N–H and O–H groups in total. The van der Waals surface area contributed by atoms with Crippen molar-refractivity contribution in [3.63, 3.8) is 0 Å². The molecule has 0 amide bonds. The third-order valence-corrected chi connectivity index (χ3v) is 3.44. The Hall–Kier alpha value is -1.74. The van der Waals surface area contributed by atoms with Gasteiger partial charge in [0.2, 0.25) is 0 Å². The summed E-state index contributed by atoms with van der Waals surface area (Å²) in [5, 5.41) is 8.82. The maximum absolute atomic E-state index is 12.7. The molecule has 0 atom stereocenters. The smallest absolute Gasteiger partial charge is 0.417 e. The van der Waals surface area contributed by atoms with Crippen molar-refractivity contribution >= 4 is 0 Å². The first-order valence-corrected chi connectivity index (χ1v) is 6.43. The van der Waals surface area contributed by atoms with Gasteiger partial charge in [-0.15, -0.1) is 0 Å². The number of nitriles is 1. The highest BCUT2D eigenvalue weighted by Crippen LogP contribution is 2.34. The van der Waals surface area contributed by atoms with Crippen LogP contribution in [0.25, 0.3) is 0 Å². The summed E-state index contributed by atoms with van der Waals surface area (Å²) in [7, 11) is 0. The number of nitrogens with zero attached hydrogens (tertiary/aromatic N) is 1. The molecule has 20 heavy (non-hydrogen) atoms. The van der Waals surface area contributed by atoms with Crippen molar-refractivity contribution in [3.8, 4) is 11.8 Å². The monoisotopic (exact) mass is 284 g/mol. The Morgan fingerprint density at radius 1 is 1.20 bits per heavy atom. The molecule has 0 aliphatic heterocycles. The summed E-state index contributed by atoms with van der Waals surface area (Å²) in [6, 6.07) is 5.05. The highest BCUT2D eigenvalue weighted by atomic mass is 19.4. The summed E-state index contributed by atoms with van der Waals surface area (Å²) >= 11 is 0. The molecule has 1 aliphatic carbocycles. The fraction of sp³-hybridized carbons (Fsp3) is 0.500. The third-order valence-electron chi connectivity index (χ3n) is 3.44. The van der Waals surface area contributed by atoms with Crippen LogP contribution in [0.15, 0.2) is 18.2 Å². The number of rotatable bonds is 2. The van der Waals surface area contributed by atoms with E-state index in [0.717, 1.165) is 37.8 Å². The molecule has 108 valence electrons. The van der Waals surface area contributed by atoms with Crippen LogP contribution in [-0.2, 0) is 6.18 Å². The van der Waals surface area contributed by atoms with Crippen molar-refractivity contribution in [3.05, 3.63) is 29.3 Å². The molecule has 1 aromatic carbocycles. The molecular weight excluding hydrogens is 269 g/mol. The first kappa shape index (κ1) is 14.7. The Balaban J connectivity index is 2.12. The molecule has 0 unspecified atom stereocenters. The van der Waals surface area contributed by atoms with Crippen molar-refractivity contribution in [1.82, 2.24) is 0 Å². The molecule has 0 spiro atoms. The van der Waals surface area contributed by atoms with Crippen molar-refractivity contribution in [2.45, 2.75) is 44.0 Å². The van der Waals surface area contributed by atoms with Crippen LogP contribution in [0, 0.1) is 11.3 Å². The zero-order valence-electron chi connectivity index (χ0n) is 10.8. The predicted octanol–water partition coefficient (Wildman–Crippen LogP) is 3.23. The second-order valence-electron chi connectivity index (χ2n) is 4.97. The minimum absolute atomic E-state index is 0.0434. The average molecular weight is 284 g/mol. The van der Waals surface area contributed by atoms with Gasteiger partial charge in [0.05, 0.1) is 23.3 Å². The van der Waals surface area contributed by atoms with E-state index in [4.69, 9.17) is 15.7 Å². The molecule has 0 bridgehead atoms. The van der Waals surface area contributed by atoms with Crippen LogP contribution >= 0.6 is 0 Å². The van der Waals surface area contributed by atoms with Crippen LogP contribution in [0.2, 0.25) is 0 Å². The van der Waals surface area contributed by atoms with Gasteiger partial charge in [-0.1, -0.05) is 0 Å². The summed E-state index contributed by atoms with van der Waals surface area (Å²) in [6.45, 7) is 0. The van der Waals surface area contributed by atoms with Crippen LogP contribution < -0.4 is 10.5 Å². The molecule has 0 aromatic heterocycles. The Morgan fingerprint density at radius 2 is 1.85 bits per heavy atom. The SMILES string of the molecule is N#Cc1cc(OC2CCC(N)CC2)ccc1C(F)(F)F. The van der Waals surface area contributed by atoms with E-state index in [2.05, 4.69) is 0 Å². The molecule has 2 rings (SSSR count). The number of alkyl halides is 3. The lowest BCUT2D eigenvalue weighted by Gasteiger charge is -2.27. The Morgan fingerprint density at radius 3 is 2.40 bits per heavy atom. The van der Waals surface area contributed by atoms with Crippen LogP contribution in [-0.4, -0.2) is 12.1 Å². The first-order chi connectivity index (χ1) is 9.40. The Bertz CT molecular complexity index is 514.